The Kier molecular flexibility index (Phi) is 6.97. The molecular weight excluding hydrogens is 425 g/mol. The fraction of sp³-hybridized carbons (Fsp3) is 0.200. The third-order valence-corrected chi connectivity index (χ3v) is 5.77. The molecule has 0 aliphatic rings. The summed E-state index contributed by atoms with van der Waals surface area (Å²) >= 11 is 1.45. The second-order valence-electron chi connectivity index (χ2n) is 7.28. The Morgan fingerprint density at radius 1 is 1.06 bits per heavy atom. The van der Waals surface area contributed by atoms with E-state index in [9.17, 15) is 9.18 Å². The predicted molar refractivity (Wildman–Crippen MR) is 128 cm³/mol. The van der Waals surface area contributed by atoms with Crippen molar-refractivity contribution in [2.75, 3.05) is 25.0 Å². The topological polar surface area (TPSA) is 63.2 Å². The Balaban J connectivity index is 1.35. The molecule has 2 N–H and O–H groups in total. The molecule has 3 aromatic carbocycles. The number of ether oxygens (including phenoxy) is 1. The second-order valence-corrected chi connectivity index (χ2v) is 8.08. The summed E-state index contributed by atoms with van der Waals surface area (Å²) < 4.78 is 25.1. The van der Waals surface area contributed by atoms with Gasteiger partial charge < -0.3 is 15.4 Å². The van der Waals surface area contributed by atoms with Crippen molar-refractivity contribution in [3.05, 3.63) is 78.1 Å². The Morgan fingerprint density at radius 3 is 2.69 bits per heavy atom. The zero-order valence-corrected chi connectivity index (χ0v) is 18.5. The molecule has 0 radical (unpaired) electrons. The molecule has 0 unspecified atom stereocenters. The Bertz CT molecular complexity index is 1210. The summed E-state index contributed by atoms with van der Waals surface area (Å²) in [5, 5.41) is 7.26. The minimum Gasteiger partial charge on any atom is -0.493 e. The first-order valence-electron chi connectivity index (χ1n) is 10.5. The van der Waals surface area contributed by atoms with Crippen LogP contribution in [0.3, 0.4) is 0 Å². The summed E-state index contributed by atoms with van der Waals surface area (Å²) in [7, 11) is 0. The van der Waals surface area contributed by atoms with E-state index in [-0.39, 0.29) is 11.7 Å². The third-order valence-electron chi connectivity index (χ3n) is 4.94. The van der Waals surface area contributed by atoms with Gasteiger partial charge in [0.15, 0.2) is 0 Å². The monoisotopic (exact) mass is 449 g/mol. The molecule has 0 fully saturated rings. The molecule has 1 heterocycles. The van der Waals surface area contributed by atoms with Crippen LogP contribution in [0.15, 0.2) is 66.7 Å². The van der Waals surface area contributed by atoms with Crippen molar-refractivity contribution in [2.24, 2.45) is 0 Å². The van der Waals surface area contributed by atoms with Crippen LogP contribution in [0.25, 0.3) is 21.2 Å². The van der Waals surface area contributed by atoms with Crippen LogP contribution in [-0.4, -0.2) is 30.0 Å². The molecule has 0 saturated heterocycles. The number of carbonyl (C=O) groups is 1. The molecule has 0 spiro atoms. The highest BCUT2D eigenvalue weighted by Gasteiger charge is 2.11. The summed E-state index contributed by atoms with van der Waals surface area (Å²) in [5.41, 5.74) is 2.01. The number of nitrogens with one attached hydrogen (secondary N) is 2. The number of hydrogen-bond donors (Lipinski definition) is 2. The van der Waals surface area contributed by atoms with E-state index in [1.165, 1.54) is 23.7 Å². The first-order chi connectivity index (χ1) is 15.7. The molecule has 7 heteroatoms. The average Bonchev–Trinajstić information content (AvgIpc) is 3.24. The van der Waals surface area contributed by atoms with Crippen LogP contribution in [0.5, 0.6) is 5.75 Å². The number of nitrogens with zero attached hydrogens (tertiary/aromatic N) is 1. The molecule has 0 saturated carbocycles. The first kappa shape index (κ1) is 21.8. The Labute approximate surface area is 190 Å². The quantitative estimate of drug-likeness (QED) is 0.320. The molecule has 0 bridgehead atoms. The van der Waals surface area contributed by atoms with Gasteiger partial charge in [-0.3, -0.25) is 4.79 Å². The van der Waals surface area contributed by atoms with Crippen LogP contribution < -0.4 is 15.4 Å². The number of benzene rings is 3. The molecule has 4 rings (SSSR count). The van der Waals surface area contributed by atoms with Crippen molar-refractivity contribution in [2.45, 2.75) is 13.3 Å². The molecule has 0 aliphatic carbocycles. The first-order valence-corrected chi connectivity index (χ1v) is 11.3. The zero-order valence-electron chi connectivity index (χ0n) is 17.7. The van der Waals surface area contributed by atoms with Crippen LogP contribution >= 0.6 is 11.5 Å². The van der Waals surface area contributed by atoms with Gasteiger partial charge in [0.25, 0.3) is 5.91 Å². The van der Waals surface area contributed by atoms with Gasteiger partial charge in [0.2, 0.25) is 0 Å². The van der Waals surface area contributed by atoms with Crippen molar-refractivity contribution in [3.8, 4) is 16.9 Å². The lowest BCUT2D eigenvalue weighted by Gasteiger charge is -2.12. The van der Waals surface area contributed by atoms with E-state index in [2.05, 4.69) is 15.0 Å². The van der Waals surface area contributed by atoms with Gasteiger partial charge in [-0.05, 0) is 66.0 Å². The molecule has 4 aromatic rings. The highest BCUT2D eigenvalue weighted by molar-refractivity contribution is 7.13. The molecule has 1 amide bonds. The maximum Gasteiger partial charge on any atom is 0.251 e. The number of anilines is 1. The smallest absolute Gasteiger partial charge is 0.251 e. The van der Waals surface area contributed by atoms with Gasteiger partial charge in [0.1, 0.15) is 17.4 Å². The van der Waals surface area contributed by atoms with Gasteiger partial charge in [0, 0.05) is 29.6 Å². The van der Waals surface area contributed by atoms with E-state index in [1.807, 2.05) is 43.3 Å². The largest absolute Gasteiger partial charge is 0.493 e. The fourth-order valence-corrected chi connectivity index (χ4v) is 4.09. The highest BCUT2D eigenvalue weighted by atomic mass is 32.1. The SMILES string of the molecule is CCCOc1ccc(F)cc1-c1ccc(C(=O)NCCNc2nsc3ccccc23)cc1. The zero-order chi connectivity index (χ0) is 22.3. The number of hydrogen-bond acceptors (Lipinski definition) is 5. The van der Waals surface area contributed by atoms with E-state index in [0.29, 0.717) is 36.6 Å². The third kappa shape index (κ3) is 5.06. The summed E-state index contributed by atoms with van der Waals surface area (Å²) in [6.45, 7) is 3.61. The van der Waals surface area contributed by atoms with Crippen LogP contribution in [0.2, 0.25) is 0 Å². The van der Waals surface area contributed by atoms with Crippen molar-refractivity contribution in [3.63, 3.8) is 0 Å². The minimum absolute atomic E-state index is 0.164. The standard InChI is InChI=1S/C25H24FN3O2S/c1-2-15-31-22-12-11-19(26)16-21(22)17-7-9-18(10-8-17)25(30)28-14-13-27-24-20-5-3-4-6-23(20)32-29-24/h3-12,16H,2,13-15H2,1H3,(H,27,29)(H,28,30). The van der Waals surface area contributed by atoms with Gasteiger partial charge in [-0.2, -0.15) is 4.37 Å². The van der Waals surface area contributed by atoms with Gasteiger partial charge in [-0.25, -0.2) is 4.39 Å². The molecule has 164 valence electrons. The van der Waals surface area contributed by atoms with Crippen LogP contribution in [0, 0.1) is 5.82 Å². The van der Waals surface area contributed by atoms with Crippen LogP contribution in [0.4, 0.5) is 10.2 Å². The van der Waals surface area contributed by atoms with E-state index < -0.39 is 0 Å². The average molecular weight is 450 g/mol. The summed E-state index contributed by atoms with van der Waals surface area (Å²) in [5.74, 6) is 0.973. The lowest BCUT2D eigenvalue weighted by molar-refractivity contribution is 0.0955. The molecule has 0 atom stereocenters. The Morgan fingerprint density at radius 2 is 1.88 bits per heavy atom. The Hall–Kier alpha value is -3.45. The van der Waals surface area contributed by atoms with Gasteiger partial charge >= 0.3 is 0 Å². The maximum atomic E-state index is 13.8. The van der Waals surface area contributed by atoms with Gasteiger partial charge in [-0.1, -0.05) is 31.2 Å². The summed E-state index contributed by atoms with van der Waals surface area (Å²) in [6.07, 6.45) is 0.865. The molecule has 0 aliphatic heterocycles. The van der Waals surface area contributed by atoms with E-state index in [1.54, 1.807) is 18.2 Å². The van der Waals surface area contributed by atoms with Crippen LogP contribution in [0.1, 0.15) is 23.7 Å². The summed E-state index contributed by atoms with van der Waals surface area (Å²) in [6, 6.07) is 19.6. The lowest BCUT2D eigenvalue weighted by Crippen LogP contribution is -2.28. The van der Waals surface area contributed by atoms with Crippen molar-refractivity contribution >= 4 is 33.3 Å². The van der Waals surface area contributed by atoms with E-state index in [4.69, 9.17) is 4.74 Å². The van der Waals surface area contributed by atoms with Crippen LogP contribution in [-0.2, 0) is 0 Å². The van der Waals surface area contributed by atoms with Crippen molar-refractivity contribution in [1.29, 1.82) is 0 Å². The molecule has 5 nitrogen and oxygen atoms in total. The highest BCUT2D eigenvalue weighted by Crippen LogP contribution is 2.31. The molecular formula is C25H24FN3O2S. The molecule has 32 heavy (non-hydrogen) atoms. The fourth-order valence-electron chi connectivity index (χ4n) is 3.34. The lowest BCUT2D eigenvalue weighted by atomic mass is 10.0. The number of fused-ring (bicyclic) bond motifs is 1. The van der Waals surface area contributed by atoms with Crippen molar-refractivity contribution in [1.82, 2.24) is 9.69 Å². The van der Waals surface area contributed by atoms with Gasteiger partial charge in [0.05, 0.1) is 11.3 Å². The maximum absolute atomic E-state index is 13.8. The number of halogens is 1. The minimum atomic E-state index is -0.328. The number of rotatable bonds is 9. The number of aromatic nitrogens is 1. The second kappa shape index (κ2) is 10.2. The summed E-state index contributed by atoms with van der Waals surface area (Å²) in [4.78, 5) is 12.5. The predicted octanol–water partition coefficient (Wildman–Crippen LogP) is 5.73. The van der Waals surface area contributed by atoms with E-state index in [0.717, 1.165) is 27.9 Å². The van der Waals surface area contributed by atoms with Crippen molar-refractivity contribution < 1.29 is 13.9 Å². The normalized spacial score (nSPS) is 10.8. The number of amides is 1. The van der Waals surface area contributed by atoms with Gasteiger partial charge in [-0.15, -0.1) is 0 Å². The molecule has 1 aromatic heterocycles. The number of carbonyl (C=O) groups excluding carboxylic acids is 1. The van der Waals surface area contributed by atoms with E-state index >= 15 is 0 Å².